The quantitative estimate of drug-likeness (QED) is 0.731. The van der Waals surface area contributed by atoms with E-state index < -0.39 is 0 Å². The number of rotatable bonds is 3. The third kappa shape index (κ3) is 1.91. The van der Waals surface area contributed by atoms with E-state index in [0.717, 1.165) is 12.8 Å². The highest BCUT2D eigenvalue weighted by Crippen LogP contribution is 2.41. The van der Waals surface area contributed by atoms with E-state index >= 15 is 0 Å². The van der Waals surface area contributed by atoms with E-state index in [1.807, 2.05) is 17.1 Å². The van der Waals surface area contributed by atoms with E-state index in [1.54, 1.807) is 0 Å². The Labute approximate surface area is 102 Å². The number of aromatic nitrogens is 2. The average molecular weight is 228 g/mol. The summed E-state index contributed by atoms with van der Waals surface area (Å²) in [6.45, 7) is 18.8. The minimum absolute atomic E-state index is 0.0726. The van der Waals surface area contributed by atoms with Crippen molar-refractivity contribution in [1.29, 1.82) is 0 Å². The first-order chi connectivity index (χ1) is 8.11. The summed E-state index contributed by atoms with van der Waals surface area (Å²) in [5.74, 6) is 0.450. The predicted octanol–water partition coefficient (Wildman–Crippen LogP) is 2.70. The van der Waals surface area contributed by atoms with Crippen molar-refractivity contribution >= 4 is 0 Å². The Kier molecular flexibility index (Phi) is 2.90. The van der Waals surface area contributed by atoms with Crippen LogP contribution in [0.5, 0.6) is 0 Å². The van der Waals surface area contributed by atoms with Crippen molar-refractivity contribution in [3.05, 3.63) is 40.8 Å². The van der Waals surface area contributed by atoms with Gasteiger partial charge in [-0.2, -0.15) is 5.10 Å². The molecule has 1 fully saturated rings. The van der Waals surface area contributed by atoms with Crippen molar-refractivity contribution in [3.8, 4) is 0 Å². The second-order valence-electron chi connectivity index (χ2n) is 5.10. The zero-order valence-corrected chi connectivity index (χ0v) is 10.2. The molecule has 1 saturated carbocycles. The number of hydrogen-bond acceptors (Lipinski definition) is 1. The SMILES string of the molecule is [C-]#[N+]CC1(n2cc(C(C)C)cn2)CC([N+]#[C-])C1. The molecule has 0 N–H and O–H groups in total. The van der Waals surface area contributed by atoms with Crippen LogP contribution in [0.1, 0.15) is 38.2 Å². The van der Waals surface area contributed by atoms with E-state index in [2.05, 4.69) is 28.6 Å². The van der Waals surface area contributed by atoms with Crippen molar-refractivity contribution in [3.63, 3.8) is 0 Å². The minimum atomic E-state index is -0.218. The Bertz CT molecular complexity index is 480. The summed E-state index contributed by atoms with van der Waals surface area (Å²) in [5, 5.41) is 4.39. The first kappa shape index (κ1) is 11.7. The Morgan fingerprint density at radius 3 is 2.71 bits per heavy atom. The summed E-state index contributed by atoms with van der Waals surface area (Å²) in [5.41, 5.74) is 0.977. The van der Waals surface area contributed by atoms with Crippen molar-refractivity contribution < 1.29 is 0 Å². The van der Waals surface area contributed by atoms with Crippen molar-refractivity contribution in [1.82, 2.24) is 9.78 Å². The second kappa shape index (κ2) is 4.22. The zero-order chi connectivity index (χ0) is 12.5. The summed E-state index contributed by atoms with van der Waals surface area (Å²) in [4.78, 5) is 7.06. The third-order valence-corrected chi connectivity index (χ3v) is 3.54. The van der Waals surface area contributed by atoms with Crippen LogP contribution in [0.15, 0.2) is 12.4 Å². The molecule has 4 nitrogen and oxygen atoms in total. The maximum absolute atomic E-state index is 7.07. The molecule has 17 heavy (non-hydrogen) atoms. The molecular formula is C13H16N4. The highest BCUT2D eigenvalue weighted by atomic mass is 15.3. The third-order valence-electron chi connectivity index (χ3n) is 3.54. The van der Waals surface area contributed by atoms with Crippen molar-refractivity contribution in [2.75, 3.05) is 6.54 Å². The minimum Gasteiger partial charge on any atom is -0.314 e. The van der Waals surface area contributed by atoms with E-state index in [1.165, 1.54) is 5.56 Å². The highest BCUT2D eigenvalue weighted by Gasteiger charge is 2.53. The number of hydrogen-bond donors (Lipinski definition) is 0. The molecule has 88 valence electrons. The predicted molar refractivity (Wildman–Crippen MR) is 65.4 cm³/mol. The molecule has 1 aromatic rings. The summed E-state index contributed by atoms with van der Waals surface area (Å²) >= 11 is 0. The summed E-state index contributed by atoms with van der Waals surface area (Å²) in [6, 6.07) is 0.0726. The lowest BCUT2D eigenvalue weighted by molar-refractivity contribution is 0.134. The van der Waals surface area contributed by atoms with E-state index in [9.17, 15) is 0 Å². The Morgan fingerprint density at radius 1 is 1.53 bits per heavy atom. The fourth-order valence-corrected chi connectivity index (χ4v) is 2.34. The normalized spacial score (nSPS) is 27.2. The molecule has 1 aliphatic carbocycles. The molecule has 0 aromatic carbocycles. The summed E-state index contributed by atoms with van der Waals surface area (Å²) in [6.07, 6.45) is 5.44. The fourth-order valence-electron chi connectivity index (χ4n) is 2.34. The van der Waals surface area contributed by atoms with Crippen LogP contribution in [0.2, 0.25) is 0 Å². The summed E-state index contributed by atoms with van der Waals surface area (Å²) in [7, 11) is 0. The van der Waals surface area contributed by atoms with Crippen LogP contribution in [0.25, 0.3) is 9.69 Å². The van der Waals surface area contributed by atoms with Gasteiger partial charge < -0.3 is 9.69 Å². The molecule has 4 heteroatoms. The van der Waals surface area contributed by atoms with Crippen molar-refractivity contribution in [2.24, 2.45) is 0 Å². The van der Waals surface area contributed by atoms with Crippen molar-refractivity contribution in [2.45, 2.75) is 44.2 Å². The molecule has 0 aliphatic heterocycles. The maximum Gasteiger partial charge on any atom is 0.240 e. The van der Waals surface area contributed by atoms with Gasteiger partial charge in [0.25, 0.3) is 0 Å². The Morgan fingerprint density at radius 2 is 2.24 bits per heavy atom. The van der Waals surface area contributed by atoms with Gasteiger partial charge in [0, 0.05) is 6.20 Å². The van der Waals surface area contributed by atoms with E-state index in [-0.39, 0.29) is 11.6 Å². The molecule has 0 radical (unpaired) electrons. The molecule has 0 amide bonds. The van der Waals surface area contributed by atoms with Gasteiger partial charge in [-0.05, 0) is 11.5 Å². The van der Waals surface area contributed by atoms with Gasteiger partial charge in [-0.3, -0.25) is 4.68 Å². The van der Waals surface area contributed by atoms with Gasteiger partial charge in [0.1, 0.15) is 5.54 Å². The lowest BCUT2D eigenvalue weighted by Gasteiger charge is -2.37. The fraction of sp³-hybridized carbons (Fsp3) is 0.615. The van der Waals surface area contributed by atoms with Crippen LogP contribution in [-0.2, 0) is 5.54 Å². The van der Waals surface area contributed by atoms with Crippen LogP contribution in [0, 0.1) is 13.1 Å². The molecule has 0 bridgehead atoms. The van der Waals surface area contributed by atoms with Crippen LogP contribution in [0.4, 0.5) is 0 Å². The second-order valence-corrected chi connectivity index (χ2v) is 5.10. The topological polar surface area (TPSA) is 26.5 Å². The first-order valence-corrected chi connectivity index (χ1v) is 5.86. The average Bonchev–Trinajstić information content (AvgIpc) is 2.72. The van der Waals surface area contributed by atoms with E-state index in [0.29, 0.717) is 12.5 Å². The largest absolute Gasteiger partial charge is 0.314 e. The Hall–Kier alpha value is -1.81. The molecule has 2 rings (SSSR count). The highest BCUT2D eigenvalue weighted by molar-refractivity contribution is 5.15. The smallest absolute Gasteiger partial charge is 0.240 e. The lowest BCUT2D eigenvalue weighted by Crippen LogP contribution is -2.50. The van der Waals surface area contributed by atoms with Gasteiger partial charge in [0.2, 0.25) is 12.6 Å². The molecule has 0 spiro atoms. The number of nitrogens with zero attached hydrogens (tertiary/aromatic N) is 4. The monoisotopic (exact) mass is 228 g/mol. The standard InChI is InChI=1S/C13H16N4/c1-10(2)11-7-16-17(8-11)13(9-14-3)5-12(6-13)15-4/h7-8,10,12H,5-6,9H2,1-2H3. The van der Waals surface area contributed by atoms with Gasteiger partial charge in [-0.15, -0.1) is 0 Å². The molecule has 0 atom stereocenters. The Balaban J connectivity index is 2.23. The van der Waals surface area contributed by atoms with Crippen LogP contribution >= 0.6 is 0 Å². The molecule has 1 heterocycles. The van der Waals surface area contributed by atoms with Gasteiger partial charge in [0.15, 0.2) is 0 Å². The molecule has 0 saturated heterocycles. The van der Waals surface area contributed by atoms with Crippen LogP contribution in [0.3, 0.4) is 0 Å². The summed E-state index contributed by atoms with van der Waals surface area (Å²) < 4.78 is 1.92. The molecule has 1 aromatic heterocycles. The maximum atomic E-state index is 7.07. The van der Waals surface area contributed by atoms with Gasteiger partial charge >= 0.3 is 0 Å². The lowest BCUT2D eigenvalue weighted by atomic mass is 9.73. The van der Waals surface area contributed by atoms with Gasteiger partial charge in [-0.1, -0.05) is 13.8 Å². The van der Waals surface area contributed by atoms with Gasteiger partial charge in [0.05, 0.1) is 19.0 Å². The van der Waals surface area contributed by atoms with Crippen LogP contribution in [-0.4, -0.2) is 22.4 Å². The van der Waals surface area contributed by atoms with E-state index in [4.69, 9.17) is 13.1 Å². The molecular weight excluding hydrogens is 212 g/mol. The molecule has 1 aliphatic rings. The molecule has 0 unspecified atom stereocenters. The zero-order valence-electron chi connectivity index (χ0n) is 10.2. The van der Waals surface area contributed by atoms with Crippen LogP contribution < -0.4 is 0 Å². The first-order valence-electron chi connectivity index (χ1n) is 5.86. The van der Waals surface area contributed by atoms with Gasteiger partial charge in [-0.25, -0.2) is 13.1 Å².